The van der Waals surface area contributed by atoms with Crippen molar-refractivity contribution in [2.45, 2.75) is 13.3 Å². The molecular weight excluding hydrogens is 302 g/mol. The van der Waals surface area contributed by atoms with Crippen molar-refractivity contribution in [3.63, 3.8) is 0 Å². The molecule has 0 aromatic heterocycles. The molecule has 5 nitrogen and oxygen atoms in total. The number of benzene rings is 2. The number of amides is 2. The summed E-state index contributed by atoms with van der Waals surface area (Å²) in [4.78, 5) is 25.8. The van der Waals surface area contributed by atoms with E-state index in [0.717, 1.165) is 17.7 Å². The van der Waals surface area contributed by atoms with Gasteiger partial charge in [-0.3, -0.25) is 9.59 Å². The third-order valence-electron chi connectivity index (χ3n) is 3.66. The Balaban J connectivity index is 2.00. The number of carbonyl (C=O) groups is 2. The predicted octanol–water partition coefficient (Wildman–Crippen LogP) is 2.83. The summed E-state index contributed by atoms with van der Waals surface area (Å²) in [6.07, 6.45) is 0.816. The van der Waals surface area contributed by atoms with Crippen molar-refractivity contribution < 1.29 is 9.59 Å². The van der Waals surface area contributed by atoms with E-state index in [4.69, 9.17) is 5.26 Å². The van der Waals surface area contributed by atoms with E-state index in [1.807, 2.05) is 37.3 Å². The molecule has 24 heavy (non-hydrogen) atoms. The molecule has 2 rings (SSSR count). The molecule has 122 valence electrons. The number of carbonyl (C=O) groups excluding carboxylic acids is 2. The topological polar surface area (TPSA) is 73.2 Å². The highest BCUT2D eigenvalue weighted by molar-refractivity contribution is 5.99. The highest BCUT2D eigenvalue weighted by Crippen LogP contribution is 2.15. The number of hydrogen-bond donors (Lipinski definition) is 1. The number of nitrogens with zero attached hydrogens (tertiary/aromatic N) is 2. The van der Waals surface area contributed by atoms with Gasteiger partial charge in [0.05, 0.1) is 18.2 Å². The van der Waals surface area contributed by atoms with Crippen LogP contribution in [0.1, 0.15) is 28.4 Å². The zero-order valence-electron chi connectivity index (χ0n) is 13.7. The molecule has 0 aliphatic carbocycles. The first-order valence-electron chi connectivity index (χ1n) is 7.68. The first-order valence-corrected chi connectivity index (χ1v) is 7.68. The quantitative estimate of drug-likeness (QED) is 0.920. The van der Waals surface area contributed by atoms with Crippen molar-refractivity contribution in [1.29, 1.82) is 5.26 Å². The van der Waals surface area contributed by atoms with Crippen LogP contribution in [0.2, 0.25) is 0 Å². The Morgan fingerprint density at radius 1 is 1.12 bits per heavy atom. The second-order valence-corrected chi connectivity index (χ2v) is 5.41. The van der Waals surface area contributed by atoms with Crippen LogP contribution in [0.4, 0.5) is 5.69 Å². The normalized spacial score (nSPS) is 9.88. The van der Waals surface area contributed by atoms with E-state index >= 15 is 0 Å². The van der Waals surface area contributed by atoms with Crippen molar-refractivity contribution in [2.75, 3.05) is 18.9 Å². The van der Waals surface area contributed by atoms with Gasteiger partial charge in [0.2, 0.25) is 5.91 Å². The van der Waals surface area contributed by atoms with Gasteiger partial charge in [-0.05, 0) is 42.3 Å². The van der Waals surface area contributed by atoms with Crippen molar-refractivity contribution in [2.24, 2.45) is 0 Å². The molecular formula is C19H19N3O2. The molecule has 0 heterocycles. The number of likely N-dealkylation sites (N-methyl/N-ethyl adjacent to an activating group) is 1. The lowest BCUT2D eigenvalue weighted by Crippen LogP contribution is -2.35. The van der Waals surface area contributed by atoms with E-state index < -0.39 is 0 Å². The summed E-state index contributed by atoms with van der Waals surface area (Å²) in [6, 6.07) is 15.9. The van der Waals surface area contributed by atoms with Crippen LogP contribution in [0.25, 0.3) is 0 Å². The number of nitrogens with one attached hydrogen (secondary N) is 1. The van der Waals surface area contributed by atoms with Gasteiger partial charge in [-0.1, -0.05) is 25.1 Å². The van der Waals surface area contributed by atoms with E-state index in [9.17, 15) is 9.59 Å². The van der Waals surface area contributed by atoms with E-state index in [-0.39, 0.29) is 18.4 Å². The van der Waals surface area contributed by atoms with Gasteiger partial charge in [0.25, 0.3) is 5.91 Å². The molecule has 0 saturated heterocycles. The van der Waals surface area contributed by atoms with E-state index in [1.54, 1.807) is 31.3 Å². The van der Waals surface area contributed by atoms with Gasteiger partial charge in [0.1, 0.15) is 0 Å². The number of nitriles is 1. The van der Waals surface area contributed by atoms with Crippen LogP contribution in [0.15, 0.2) is 48.5 Å². The Kier molecular flexibility index (Phi) is 5.69. The standard InChI is InChI=1S/C19H19N3O2/c1-3-15-6-4-5-7-17(15)21-18(23)13-22(2)19(24)16-10-8-14(12-20)9-11-16/h4-11H,3,13H2,1-2H3,(H,21,23). The maximum absolute atomic E-state index is 12.3. The maximum Gasteiger partial charge on any atom is 0.254 e. The molecule has 0 spiro atoms. The predicted molar refractivity (Wildman–Crippen MR) is 92.6 cm³/mol. The van der Waals surface area contributed by atoms with Crippen molar-refractivity contribution >= 4 is 17.5 Å². The second-order valence-electron chi connectivity index (χ2n) is 5.41. The van der Waals surface area contributed by atoms with Crippen molar-refractivity contribution in [3.8, 4) is 6.07 Å². The highest BCUT2D eigenvalue weighted by atomic mass is 16.2. The molecule has 5 heteroatoms. The lowest BCUT2D eigenvalue weighted by molar-refractivity contribution is -0.116. The van der Waals surface area contributed by atoms with Crippen LogP contribution in [0.3, 0.4) is 0 Å². The third kappa shape index (κ3) is 4.20. The zero-order chi connectivity index (χ0) is 17.5. The Morgan fingerprint density at radius 2 is 1.79 bits per heavy atom. The molecule has 0 saturated carbocycles. The summed E-state index contributed by atoms with van der Waals surface area (Å²) in [6.45, 7) is 1.97. The van der Waals surface area contributed by atoms with Gasteiger partial charge in [-0.25, -0.2) is 0 Å². The SMILES string of the molecule is CCc1ccccc1NC(=O)CN(C)C(=O)c1ccc(C#N)cc1. The monoisotopic (exact) mass is 321 g/mol. The minimum Gasteiger partial charge on any atom is -0.332 e. The van der Waals surface area contributed by atoms with E-state index in [1.165, 1.54) is 4.90 Å². The summed E-state index contributed by atoms with van der Waals surface area (Å²) >= 11 is 0. The van der Waals surface area contributed by atoms with Crippen LogP contribution in [0.5, 0.6) is 0 Å². The number of anilines is 1. The van der Waals surface area contributed by atoms with Crippen LogP contribution in [-0.2, 0) is 11.2 Å². The number of aryl methyl sites for hydroxylation is 1. The summed E-state index contributed by atoms with van der Waals surface area (Å²) < 4.78 is 0. The van der Waals surface area contributed by atoms with Crippen LogP contribution >= 0.6 is 0 Å². The molecule has 0 unspecified atom stereocenters. The van der Waals surface area contributed by atoms with Gasteiger partial charge in [-0.15, -0.1) is 0 Å². The summed E-state index contributed by atoms with van der Waals surface area (Å²) in [5, 5.41) is 11.6. The fraction of sp³-hybridized carbons (Fsp3) is 0.211. The largest absolute Gasteiger partial charge is 0.332 e. The third-order valence-corrected chi connectivity index (χ3v) is 3.66. The van der Waals surface area contributed by atoms with Crippen molar-refractivity contribution in [1.82, 2.24) is 4.90 Å². The number of hydrogen-bond acceptors (Lipinski definition) is 3. The van der Waals surface area contributed by atoms with Crippen LogP contribution in [0, 0.1) is 11.3 Å². The average Bonchev–Trinajstić information content (AvgIpc) is 2.61. The van der Waals surface area contributed by atoms with Gasteiger partial charge >= 0.3 is 0 Å². The molecule has 1 N–H and O–H groups in total. The fourth-order valence-corrected chi connectivity index (χ4v) is 2.34. The Hall–Kier alpha value is -3.13. The summed E-state index contributed by atoms with van der Waals surface area (Å²) in [5.41, 5.74) is 2.75. The molecule has 0 radical (unpaired) electrons. The lowest BCUT2D eigenvalue weighted by atomic mass is 10.1. The molecule has 2 amide bonds. The molecule has 0 atom stereocenters. The molecule has 0 aliphatic heterocycles. The number of para-hydroxylation sites is 1. The highest BCUT2D eigenvalue weighted by Gasteiger charge is 2.15. The Bertz CT molecular complexity index is 776. The first-order chi connectivity index (χ1) is 11.5. The smallest absolute Gasteiger partial charge is 0.254 e. The van der Waals surface area contributed by atoms with E-state index in [2.05, 4.69) is 5.32 Å². The van der Waals surface area contributed by atoms with Crippen LogP contribution < -0.4 is 5.32 Å². The second kappa shape index (κ2) is 7.93. The molecule has 0 aliphatic rings. The van der Waals surface area contributed by atoms with Gasteiger partial charge < -0.3 is 10.2 Å². The number of rotatable bonds is 5. The molecule has 0 bridgehead atoms. The minimum atomic E-state index is -0.265. The van der Waals surface area contributed by atoms with Crippen LogP contribution in [-0.4, -0.2) is 30.3 Å². The first kappa shape index (κ1) is 17.2. The Labute approximate surface area is 141 Å². The molecule has 0 fully saturated rings. The summed E-state index contributed by atoms with van der Waals surface area (Å²) in [7, 11) is 1.58. The fourth-order valence-electron chi connectivity index (χ4n) is 2.34. The van der Waals surface area contributed by atoms with Gasteiger partial charge in [0.15, 0.2) is 0 Å². The van der Waals surface area contributed by atoms with Crippen molar-refractivity contribution in [3.05, 3.63) is 65.2 Å². The summed E-state index contributed by atoms with van der Waals surface area (Å²) in [5.74, 6) is -0.515. The van der Waals surface area contributed by atoms with Gasteiger partial charge in [-0.2, -0.15) is 5.26 Å². The molecule has 2 aromatic rings. The maximum atomic E-state index is 12.3. The average molecular weight is 321 g/mol. The molecule has 2 aromatic carbocycles. The lowest BCUT2D eigenvalue weighted by Gasteiger charge is -2.17. The van der Waals surface area contributed by atoms with E-state index in [0.29, 0.717) is 11.1 Å². The van der Waals surface area contributed by atoms with Gasteiger partial charge in [0, 0.05) is 18.3 Å². The minimum absolute atomic E-state index is 0.0448. The zero-order valence-corrected chi connectivity index (χ0v) is 13.7. The Morgan fingerprint density at radius 3 is 2.42 bits per heavy atom.